The van der Waals surface area contributed by atoms with Crippen LogP contribution in [0.3, 0.4) is 0 Å². The lowest BCUT2D eigenvalue weighted by Gasteiger charge is -2.38. The molecule has 4 rings (SSSR count). The summed E-state index contributed by atoms with van der Waals surface area (Å²) in [5.41, 5.74) is 5.35. The number of methoxy groups -OCH3 is 1. The van der Waals surface area contributed by atoms with Gasteiger partial charge < -0.3 is 10.1 Å². The van der Waals surface area contributed by atoms with Crippen LogP contribution in [0.4, 0.5) is 0 Å². The zero-order valence-corrected chi connectivity index (χ0v) is 17.9. The minimum atomic E-state index is -0.281. The highest BCUT2D eigenvalue weighted by molar-refractivity contribution is 7.10. The molecule has 2 heterocycles. The average Bonchev–Trinajstić information content (AvgIpc) is 3.15. The Hall–Kier alpha value is -2.84. The molecule has 2 aliphatic rings. The summed E-state index contributed by atoms with van der Waals surface area (Å²) in [6.45, 7) is 6.17. The molecule has 0 radical (unpaired) electrons. The summed E-state index contributed by atoms with van der Waals surface area (Å²) < 4.78 is 5.24. The molecule has 0 unspecified atom stereocenters. The Labute approximate surface area is 175 Å². The molecule has 0 spiro atoms. The number of Topliss-reactive ketones (excluding diaryl/α,β-unsaturated/α-hetero) is 1. The molecule has 0 bridgehead atoms. The average molecular weight is 405 g/mol. The summed E-state index contributed by atoms with van der Waals surface area (Å²) in [6, 6.07) is 12.4. The second-order valence-electron chi connectivity index (χ2n) is 8.51. The first-order valence-corrected chi connectivity index (χ1v) is 10.6. The molecule has 1 aliphatic carbocycles. The number of carbonyl (C=O) groups is 1. The van der Waals surface area contributed by atoms with Crippen LogP contribution < -0.4 is 10.1 Å². The maximum absolute atomic E-state index is 13.1. The molecule has 29 heavy (non-hydrogen) atoms. The number of nitrogens with one attached hydrogen (secondary N) is 1. The zero-order chi connectivity index (χ0) is 20.8. The summed E-state index contributed by atoms with van der Waals surface area (Å²) in [6.07, 6.45) is 1.33. The lowest BCUT2D eigenvalue weighted by molar-refractivity contribution is -0.118. The molecule has 1 N–H and O–H groups in total. The van der Waals surface area contributed by atoms with Gasteiger partial charge in [0.1, 0.15) is 5.75 Å². The maximum Gasteiger partial charge on any atom is 0.162 e. The van der Waals surface area contributed by atoms with Crippen LogP contribution in [0.15, 0.2) is 58.3 Å². The van der Waals surface area contributed by atoms with Crippen LogP contribution in [0.2, 0.25) is 0 Å². The van der Waals surface area contributed by atoms with Gasteiger partial charge in [0, 0.05) is 28.3 Å². The van der Waals surface area contributed by atoms with Crippen LogP contribution in [-0.4, -0.2) is 12.9 Å². The summed E-state index contributed by atoms with van der Waals surface area (Å²) in [7, 11) is 1.65. The van der Waals surface area contributed by atoms with Crippen molar-refractivity contribution in [2.75, 3.05) is 7.11 Å². The van der Waals surface area contributed by atoms with E-state index in [0.717, 1.165) is 45.1 Å². The highest BCUT2D eigenvalue weighted by atomic mass is 32.1. The van der Waals surface area contributed by atoms with Gasteiger partial charge in [-0.1, -0.05) is 26.0 Å². The fraction of sp³-hybridized carbons (Fsp3) is 0.333. The van der Waals surface area contributed by atoms with Crippen LogP contribution in [0.25, 0.3) is 11.1 Å². The quantitative estimate of drug-likeness (QED) is 0.728. The first-order chi connectivity index (χ1) is 13.8. The number of thiophene rings is 1. The van der Waals surface area contributed by atoms with Crippen LogP contribution in [-0.2, 0) is 4.79 Å². The number of rotatable bonds is 3. The predicted octanol–water partition coefficient (Wildman–Crippen LogP) is 5.55. The van der Waals surface area contributed by atoms with Gasteiger partial charge in [0.2, 0.25) is 0 Å². The van der Waals surface area contributed by atoms with Crippen molar-refractivity contribution in [1.29, 1.82) is 5.26 Å². The molecule has 1 aliphatic heterocycles. The van der Waals surface area contributed by atoms with Crippen molar-refractivity contribution in [2.24, 2.45) is 5.41 Å². The zero-order valence-electron chi connectivity index (χ0n) is 17.1. The second kappa shape index (κ2) is 7.20. The van der Waals surface area contributed by atoms with Crippen molar-refractivity contribution < 1.29 is 9.53 Å². The lowest BCUT2D eigenvalue weighted by Crippen LogP contribution is -2.36. The van der Waals surface area contributed by atoms with E-state index in [4.69, 9.17) is 4.74 Å². The number of benzene rings is 1. The fourth-order valence-electron chi connectivity index (χ4n) is 4.31. The molecule has 0 fully saturated rings. The molecule has 1 aromatic heterocycles. The summed E-state index contributed by atoms with van der Waals surface area (Å²) >= 11 is 1.61. The molecule has 0 saturated carbocycles. The first-order valence-electron chi connectivity index (χ1n) is 9.70. The fourth-order valence-corrected chi connectivity index (χ4v) is 5.34. The molecule has 1 atom stereocenters. The molecular weight excluding hydrogens is 380 g/mol. The van der Waals surface area contributed by atoms with Gasteiger partial charge in [-0.3, -0.25) is 4.79 Å². The second-order valence-corrected chi connectivity index (χ2v) is 9.45. The third-order valence-electron chi connectivity index (χ3n) is 5.69. The Morgan fingerprint density at radius 2 is 1.93 bits per heavy atom. The molecule has 5 heteroatoms. The molecule has 2 aromatic rings. The molecule has 148 valence electrons. The third-order valence-corrected chi connectivity index (χ3v) is 6.69. The normalized spacial score (nSPS) is 20.8. The van der Waals surface area contributed by atoms with Crippen LogP contribution in [0.5, 0.6) is 5.75 Å². The Bertz CT molecular complexity index is 1080. The molecular formula is C24H24N2O2S. The number of dihydropyridines is 1. The Balaban J connectivity index is 1.78. The standard InChI is InChI=1S/C24H24N2O2S/c1-14-18(12-25)22(23-19(26-14)10-24(2,3)11-20(23)27)21-9-16(13-29-21)15-5-7-17(28-4)8-6-15/h5-9,13,22,26H,10-11H2,1-4H3/t22-/m0/s1. The van der Waals surface area contributed by atoms with E-state index in [1.807, 2.05) is 31.2 Å². The predicted molar refractivity (Wildman–Crippen MR) is 116 cm³/mol. The van der Waals surface area contributed by atoms with Crippen molar-refractivity contribution in [1.82, 2.24) is 5.32 Å². The number of hydrogen-bond acceptors (Lipinski definition) is 5. The van der Waals surface area contributed by atoms with E-state index < -0.39 is 0 Å². The van der Waals surface area contributed by atoms with Crippen molar-refractivity contribution in [3.05, 3.63) is 63.1 Å². The minimum absolute atomic E-state index is 0.0679. The Kier molecular flexibility index (Phi) is 4.84. The molecule has 0 saturated heterocycles. The van der Waals surface area contributed by atoms with Crippen molar-refractivity contribution >= 4 is 17.1 Å². The largest absolute Gasteiger partial charge is 0.497 e. The number of carbonyl (C=O) groups excluding carboxylic acids is 1. The van der Waals surface area contributed by atoms with E-state index in [1.54, 1.807) is 18.4 Å². The first kappa shape index (κ1) is 19.5. The van der Waals surface area contributed by atoms with Crippen molar-refractivity contribution in [3.63, 3.8) is 0 Å². The van der Waals surface area contributed by atoms with Crippen LogP contribution in [0, 0.1) is 16.7 Å². The highest BCUT2D eigenvalue weighted by Gasteiger charge is 2.41. The van der Waals surface area contributed by atoms with Gasteiger partial charge in [0.05, 0.1) is 24.7 Å². The summed E-state index contributed by atoms with van der Waals surface area (Å²) in [5, 5.41) is 15.3. The maximum atomic E-state index is 13.1. The van der Waals surface area contributed by atoms with Gasteiger partial charge in [-0.25, -0.2) is 0 Å². The van der Waals surface area contributed by atoms with Gasteiger partial charge in [-0.2, -0.15) is 5.26 Å². The smallest absolute Gasteiger partial charge is 0.162 e. The third kappa shape index (κ3) is 3.49. The van der Waals surface area contributed by atoms with Gasteiger partial charge in [0.15, 0.2) is 5.78 Å². The SMILES string of the molecule is COc1ccc(-c2csc([C@@H]3C(C#N)=C(C)NC4=C3C(=O)CC(C)(C)C4)c2)cc1. The van der Waals surface area contributed by atoms with E-state index >= 15 is 0 Å². The van der Waals surface area contributed by atoms with Gasteiger partial charge in [-0.05, 0) is 53.5 Å². The summed E-state index contributed by atoms with van der Waals surface area (Å²) in [5.74, 6) is 0.684. The van der Waals surface area contributed by atoms with E-state index in [2.05, 4.69) is 36.7 Å². The number of hydrogen-bond donors (Lipinski definition) is 1. The monoisotopic (exact) mass is 404 g/mol. The number of allylic oxidation sites excluding steroid dienone is 4. The molecule has 4 nitrogen and oxygen atoms in total. The number of ether oxygens (including phenoxy) is 1. The number of nitriles is 1. The highest BCUT2D eigenvalue weighted by Crippen LogP contribution is 2.48. The lowest BCUT2D eigenvalue weighted by atomic mass is 9.70. The Morgan fingerprint density at radius 3 is 2.59 bits per heavy atom. The van der Waals surface area contributed by atoms with E-state index in [-0.39, 0.29) is 17.1 Å². The van der Waals surface area contributed by atoms with Gasteiger partial charge in [-0.15, -0.1) is 11.3 Å². The van der Waals surface area contributed by atoms with E-state index in [1.165, 1.54) is 0 Å². The number of nitrogens with zero attached hydrogens (tertiary/aromatic N) is 1. The van der Waals surface area contributed by atoms with E-state index in [0.29, 0.717) is 12.0 Å². The van der Waals surface area contributed by atoms with E-state index in [9.17, 15) is 10.1 Å². The van der Waals surface area contributed by atoms with Crippen LogP contribution in [0.1, 0.15) is 44.4 Å². The molecule has 0 amide bonds. The van der Waals surface area contributed by atoms with Crippen molar-refractivity contribution in [3.8, 4) is 22.9 Å². The van der Waals surface area contributed by atoms with Gasteiger partial charge in [0.25, 0.3) is 0 Å². The van der Waals surface area contributed by atoms with Gasteiger partial charge >= 0.3 is 0 Å². The summed E-state index contributed by atoms with van der Waals surface area (Å²) in [4.78, 5) is 14.1. The number of ketones is 1. The molecule has 1 aromatic carbocycles. The Morgan fingerprint density at radius 1 is 1.21 bits per heavy atom. The minimum Gasteiger partial charge on any atom is -0.497 e. The topological polar surface area (TPSA) is 62.1 Å². The van der Waals surface area contributed by atoms with Crippen LogP contribution >= 0.6 is 11.3 Å². The van der Waals surface area contributed by atoms with Crippen molar-refractivity contribution in [2.45, 2.75) is 39.5 Å².